The third-order valence-corrected chi connectivity index (χ3v) is 2.94. The molecule has 0 unspecified atom stereocenters. The highest BCUT2D eigenvalue weighted by Crippen LogP contribution is 2.17. The Bertz CT molecular complexity index is 575. The summed E-state index contributed by atoms with van der Waals surface area (Å²) in [5, 5.41) is 0.0532. The first-order valence-electron chi connectivity index (χ1n) is 5.66. The maximum Gasteiger partial charge on any atom is 0.202 e. The topological polar surface area (TPSA) is 30.2 Å². The maximum atomic E-state index is 13.2. The molecule has 0 saturated carbocycles. The van der Waals surface area contributed by atoms with Gasteiger partial charge in [-0.1, -0.05) is 24.6 Å². The third kappa shape index (κ3) is 2.79. The molecule has 2 aromatic rings. The molecule has 0 amide bonds. The zero-order valence-electron chi connectivity index (χ0n) is 9.87. The third-order valence-electron chi connectivity index (χ3n) is 2.63. The van der Waals surface area contributed by atoms with E-state index < -0.39 is 5.82 Å². The molecule has 0 N–H and O–H groups in total. The van der Waals surface area contributed by atoms with E-state index in [0.717, 1.165) is 12.2 Å². The molecule has 0 radical (unpaired) electrons. The summed E-state index contributed by atoms with van der Waals surface area (Å²) in [5.41, 5.74) is 0.580. The standard InChI is InChI=1S/C14H12ClFO2/c1-2-10-4-6-14(18-10)13(17)8-9-3-5-11(15)12(16)7-9/h3-7H,2,8H2,1H3. The second kappa shape index (κ2) is 5.36. The van der Waals surface area contributed by atoms with E-state index in [2.05, 4.69) is 0 Å². The number of aryl methyl sites for hydroxylation is 1. The number of hydrogen-bond acceptors (Lipinski definition) is 2. The molecule has 0 aliphatic heterocycles. The quantitative estimate of drug-likeness (QED) is 0.781. The second-order valence-corrected chi connectivity index (χ2v) is 4.38. The van der Waals surface area contributed by atoms with Crippen molar-refractivity contribution in [3.05, 3.63) is 58.3 Å². The monoisotopic (exact) mass is 266 g/mol. The summed E-state index contributed by atoms with van der Waals surface area (Å²) in [4.78, 5) is 11.9. The van der Waals surface area contributed by atoms with Crippen molar-refractivity contribution in [3.63, 3.8) is 0 Å². The smallest absolute Gasteiger partial charge is 0.202 e. The van der Waals surface area contributed by atoms with Gasteiger partial charge in [-0.3, -0.25) is 4.79 Å². The van der Waals surface area contributed by atoms with Crippen molar-refractivity contribution in [2.24, 2.45) is 0 Å². The van der Waals surface area contributed by atoms with Gasteiger partial charge in [0.1, 0.15) is 11.6 Å². The molecular formula is C14H12ClFO2. The largest absolute Gasteiger partial charge is 0.458 e. The maximum absolute atomic E-state index is 13.2. The van der Waals surface area contributed by atoms with E-state index in [1.165, 1.54) is 12.1 Å². The highest BCUT2D eigenvalue weighted by atomic mass is 35.5. The van der Waals surface area contributed by atoms with Crippen LogP contribution in [0.15, 0.2) is 34.7 Å². The number of hydrogen-bond donors (Lipinski definition) is 0. The summed E-state index contributed by atoms with van der Waals surface area (Å²) in [6, 6.07) is 7.76. The van der Waals surface area contributed by atoms with Crippen LogP contribution in [-0.4, -0.2) is 5.78 Å². The highest BCUT2D eigenvalue weighted by molar-refractivity contribution is 6.30. The average Bonchev–Trinajstić information content (AvgIpc) is 2.82. The van der Waals surface area contributed by atoms with E-state index in [1.807, 2.05) is 6.92 Å². The molecule has 0 saturated heterocycles. The molecule has 1 aromatic heterocycles. The van der Waals surface area contributed by atoms with Crippen LogP contribution < -0.4 is 0 Å². The summed E-state index contributed by atoms with van der Waals surface area (Å²) in [5.74, 6) is 0.384. The lowest BCUT2D eigenvalue weighted by molar-refractivity contribution is 0.0964. The van der Waals surface area contributed by atoms with E-state index in [-0.39, 0.29) is 17.2 Å². The number of ketones is 1. The van der Waals surface area contributed by atoms with Crippen LogP contribution in [-0.2, 0) is 12.8 Å². The van der Waals surface area contributed by atoms with E-state index >= 15 is 0 Å². The van der Waals surface area contributed by atoms with Crippen molar-refractivity contribution in [2.45, 2.75) is 19.8 Å². The lowest BCUT2D eigenvalue weighted by Gasteiger charge is -2.00. The van der Waals surface area contributed by atoms with E-state index in [4.69, 9.17) is 16.0 Å². The van der Waals surface area contributed by atoms with Gasteiger partial charge in [0.05, 0.1) is 5.02 Å². The van der Waals surface area contributed by atoms with Gasteiger partial charge < -0.3 is 4.42 Å². The number of benzene rings is 1. The lowest BCUT2D eigenvalue weighted by Crippen LogP contribution is -2.02. The van der Waals surface area contributed by atoms with E-state index in [0.29, 0.717) is 11.3 Å². The fourth-order valence-electron chi connectivity index (χ4n) is 1.64. The second-order valence-electron chi connectivity index (χ2n) is 3.97. The number of carbonyl (C=O) groups is 1. The Balaban J connectivity index is 2.13. The fourth-order valence-corrected chi connectivity index (χ4v) is 1.76. The minimum atomic E-state index is -0.518. The van der Waals surface area contributed by atoms with Gasteiger partial charge in [-0.25, -0.2) is 4.39 Å². The van der Waals surface area contributed by atoms with Crippen LogP contribution >= 0.6 is 11.6 Å². The van der Waals surface area contributed by atoms with Crippen molar-refractivity contribution in [1.29, 1.82) is 0 Å². The molecule has 0 spiro atoms. The number of carbonyl (C=O) groups excluding carboxylic acids is 1. The summed E-state index contributed by atoms with van der Waals surface area (Å²) >= 11 is 5.58. The fraction of sp³-hybridized carbons (Fsp3) is 0.214. The molecular weight excluding hydrogens is 255 g/mol. The number of halogens is 2. The normalized spacial score (nSPS) is 10.6. The predicted molar refractivity (Wildman–Crippen MR) is 67.5 cm³/mol. The van der Waals surface area contributed by atoms with E-state index in [1.54, 1.807) is 18.2 Å². The van der Waals surface area contributed by atoms with Crippen LogP contribution in [0.5, 0.6) is 0 Å². The van der Waals surface area contributed by atoms with Crippen LogP contribution in [0.3, 0.4) is 0 Å². The van der Waals surface area contributed by atoms with Crippen LogP contribution in [0.2, 0.25) is 5.02 Å². The minimum absolute atomic E-state index is 0.0532. The first-order chi connectivity index (χ1) is 8.60. The number of furan rings is 1. The van der Waals surface area contributed by atoms with Gasteiger partial charge in [0, 0.05) is 12.8 Å². The SMILES string of the molecule is CCc1ccc(C(=O)Cc2ccc(Cl)c(F)c2)o1. The molecule has 1 heterocycles. The van der Waals surface area contributed by atoms with Crippen LogP contribution in [0.4, 0.5) is 4.39 Å². The molecule has 0 bridgehead atoms. The van der Waals surface area contributed by atoms with Gasteiger partial charge in [0.2, 0.25) is 5.78 Å². The molecule has 0 atom stereocenters. The van der Waals surface area contributed by atoms with Gasteiger partial charge in [0.25, 0.3) is 0 Å². The summed E-state index contributed by atoms with van der Waals surface area (Å²) in [6.07, 6.45) is 0.841. The van der Waals surface area contributed by atoms with Gasteiger partial charge >= 0.3 is 0 Å². The Hall–Kier alpha value is -1.61. The van der Waals surface area contributed by atoms with Crippen LogP contribution in [0.25, 0.3) is 0 Å². The average molecular weight is 267 g/mol. The molecule has 0 aliphatic rings. The van der Waals surface area contributed by atoms with Gasteiger partial charge in [-0.15, -0.1) is 0 Å². The zero-order valence-corrected chi connectivity index (χ0v) is 10.6. The highest BCUT2D eigenvalue weighted by Gasteiger charge is 2.12. The molecule has 1 aromatic carbocycles. The van der Waals surface area contributed by atoms with Crippen molar-refractivity contribution in [1.82, 2.24) is 0 Å². The summed E-state index contributed by atoms with van der Waals surface area (Å²) < 4.78 is 18.6. The first kappa shape index (κ1) is 12.8. The Morgan fingerprint density at radius 3 is 2.72 bits per heavy atom. The molecule has 0 aliphatic carbocycles. The molecule has 2 rings (SSSR count). The van der Waals surface area contributed by atoms with Gasteiger partial charge in [0.15, 0.2) is 5.76 Å². The van der Waals surface area contributed by atoms with Gasteiger partial charge in [-0.05, 0) is 29.8 Å². The molecule has 18 heavy (non-hydrogen) atoms. The lowest BCUT2D eigenvalue weighted by atomic mass is 10.1. The van der Waals surface area contributed by atoms with Crippen LogP contribution in [0, 0.1) is 5.82 Å². The van der Waals surface area contributed by atoms with Crippen molar-refractivity contribution in [2.75, 3.05) is 0 Å². The number of Topliss-reactive ketones (excluding diaryl/α,β-unsaturated/α-hetero) is 1. The summed E-state index contributed by atoms with van der Waals surface area (Å²) in [7, 11) is 0. The van der Waals surface area contributed by atoms with Gasteiger partial charge in [-0.2, -0.15) is 0 Å². The summed E-state index contributed by atoms with van der Waals surface area (Å²) in [6.45, 7) is 1.95. The van der Waals surface area contributed by atoms with Crippen molar-refractivity contribution < 1.29 is 13.6 Å². The van der Waals surface area contributed by atoms with E-state index in [9.17, 15) is 9.18 Å². The number of rotatable bonds is 4. The first-order valence-corrected chi connectivity index (χ1v) is 6.03. The zero-order chi connectivity index (χ0) is 13.1. The molecule has 94 valence electrons. The Morgan fingerprint density at radius 2 is 2.11 bits per heavy atom. The predicted octanol–water partition coefficient (Wildman–Crippen LogP) is 4.06. The van der Waals surface area contributed by atoms with Crippen molar-refractivity contribution >= 4 is 17.4 Å². The molecule has 2 nitrogen and oxygen atoms in total. The Labute approximate surface area is 109 Å². The van der Waals surface area contributed by atoms with Crippen molar-refractivity contribution in [3.8, 4) is 0 Å². The Kier molecular flexibility index (Phi) is 3.82. The van der Waals surface area contributed by atoms with Crippen LogP contribution in [0.1, 0.15) is 28.8 Å². The Morgan fingerprint density at radius 1 is 1.33 bits per heavy atom. The molecule has 0 fully saturated rings. The molecule has 4 heteroatoms. The minimum Gasteiger partial charge on any atom is -0.458 e.